The second-order valence-corrected chi connectivity index (χ2v) is 11.2. The van der Waals surface area contributed by atoms with Crippen LogP contribution in [0.5, 0.6) is 0 Å². The van der Waals surface area contributed by atoms with Crippen molar-refractivity contribution in [3.63, 3.8) is 0 Å². The molecule has 9 heteroatoms. The van der Waals surface area contributed by atoms with E-state index in [1.807, 2.05) is 0 Å². The number of rotatable bonds is 17. The van der Waals surface area contributed by atoms with Crippen LogP contribution < -0.4 is 0 Å². The molecule has 1 N–H and O–H groups in total. The average Bonchev–Trinajstić information content (AvgIpc) is 2.71. The van der Waals surface area contributed by atoms with E-state index in [1.54, 1.807) is 6.08 Å². The van der Waals surface area contributed by atoms with Crippen molar-refractivity contribution in [2.24, 2.45) is 17.8 Å². The Morgan fingerprint density at radius 2 is 1.22 bits per heavy atom. The molecule has 8 nitrogen and oxygen atoms in total. The first-order valence-electron chi connectivity index (χ1n) is 12.2. The van der Waals surface area contributed by atoms with Crippen LogP contribution in [0.25, 0.3) is 0 Å². The van der Waals surface area contributed by atoms with Crippen LogP contribution in [-0.4, -0.2) is 84.8 Å². The number of hydrogen-bond donors (Lipinski definition) is 1. The van der Waals surface area contributed by atoms with Crippen molar-refractivity contribution in [3.05, 3.63) is 12.7 Å². The van der Waals surface area contributed by atoms with Gasteiger partial charge >= 0.3 is 9.05 Å². The summed E-state index contributed by atoms with van der Waals surface area (Å²) >= 11 is 0. The highest BCUT2D eigenvalue weighted by Crippen LogP contribution is 2.30. The van der Waals surface area contributed by atoms with Gasteiger partial charge in [0, 0.05) is 17.8 Å². The maximum absolute atomic E-state index is 10.2. The smallest absolute Gasteiger partial charge is 0.390 e. The Hall–Kier alpha value is -0.363. The SMILES string of the molecule is C=CCC(O)CO[Si](OCC1OCC1CC)(OCC1OCC1CC)OCC1OCC1CC. The van der Waals surface area contributed by atoms with Crippen LogP contribution >= 0.6 is 0 Å². The van der Waals surface area contributed by atoms with Gasteiger partial charge in [0.05, 0.1) is 70.7 Å². The summed E-state index contributed by atoms with van der Waals surface area (Å²) in [5, 5.41) is 10.2. The molecule has 3 aliphatic rings. The Morgan fingerprint density at radius 1 is 0.812 bits per heavy atom. The van der Waals surface area contributed by atoms with E-state index in [-0.39, 0.29) is 24.9 Å². The Bertz CT molecular complexity index is 498. The van der Waals surface area contributed by atoms with Gasteiger partial charge in [0.15, 0.2) is 0 Å². The highest BCUT2D eigenvalue weighted by Gasteiger charge is 2.51. The summed E-state index contributed by atoms with van der Waals surface area (Å²) in [6, 6.07) is 0. The van der Waals surface area contributed by atoms with Crippen molar-refractivity contribution in [1.29, 1.82) is 0 Å². The zero-order chi connectivity index (χ0) is 23.0. The second-order valence-electron chi connectivity index (χ2n) is 9.04. The van der Waals surface area contributed by atoms with Gasteiger partial charge in [-0.2, -0.15) is 0 Å². The second kappa shape index (κ2) is 12.9. The van der Waals surface area contributed by atoms with Crippen molar-refractivity contribution in [1.82, 2.24) is 0 Å². The first kappa shape index (κ1) is 26.2. The Kier molecular flexibility index (Phi) is 10.6. The number of aliphatic hydroxyl groups is 1. The van der Waals surface area contributed by atoms with Crippen molar-refractivity contribution in [3.8, 4) is 0 Å². The quantitative estimate of drug-likeness (QED) is 0.254. The van der Waals surface area contributed by atoms with Gasteiger partial charge in [-0.15, -0.1) is 6.58 Å². The van der Waals surface area contributed by atoms with Gasteiger partial charge in [0.25, 0.3) is 0 Å². The predicted molar refractivity (Wildman–Crippen MR) is 121 cm³/mol. The van der Waals surface area contributed by atoms with Crippen LogP contribution in [0.1, 0.15) is 46.5 Å². The number of ether oxygens (including phenoxy) is 3. The zero-order valence-electron chi connectivity index (χ0n) is 19.9. The van der Waals surface area contributed by atoms with Crippen molar-refractivity contribution in [2.45, 2.75) is 70.9 Å². The third kappa shape index (κ3) is 6.83. The first-order valence-corrected chi connectivity index (χ1v) is 13.9. The van der Waals surface area contributed by atoms with E-state index in [4.69, 9.17) is 31.9 Å². The largest absolute Gasteiger partial charge is 0.680 e. The third-order valence-electron chi connectivity index (χ3n) is 6.89. The van der Waals surface area contributed by atoms with Crippen molar-refractivity contribution < 1.29 is 37.0 Å². The fourth-order valence-corrected chi connectivity index (χ4v) is 6.06. The molecule has 3 heterocycles. The Balaban J connectivity index is 1.66. The van der Waals surface area contributed by atoms with Gasteiger partial charge in [-0.3, -0.25) is 0 Å². The Labute approximate surface area is 194 Å². The molecule has 7 unspecified atom stereocenters. The molecule has 3 aliphatic heterocycles. The number of aliphatic hydroxyl groups excluding tert-OH is 1. The molecule has 0 amide bonds. The molecule has 3 saturated heterocycles. The lowest BCUT2D eigenvalue weighted by atomic mass is 9.96. The summed E-state index contributed by atoms with van der Waals surface area (Å²) in [6.45, 7) is 13.5. The molecule has 0 saturated carbocycles. The summed E-state index contributed by atoms with van der Waals surface area (Å²) in [5.74, 6) is 1.39. The van der Waals surface area contributed by atoms with E-state index in [2.05, 4.69) is 27.4 Å². The molecule has 0 radical (unpaired) electrons. The molecule has 186 valence electrons. The fourth-order valence-electron chi connectivity index (χ4n) is 4.06. The van der Waals surface area contributed by atoms with Gasteiger partial charge in [-0.25, -0.2) is 0 Å². The molecule has 32 heavy (non-hydrogen) atoms. The summed E-state index contributed by atoms with van der Waals surface area (Å²) < 4.78 is 42.0. The van der Waals surface area contributed by atoms with Crippen LogP contribution in [0.3, 0.4) is 0 Å². The minimum Gasteiger partial charge on any atom is -0.390 e. The molecule has 3 rings (SSSR count). The lowest BCUT2D eigenvalue weighted by Crippen LogP contribution is -2.58. The summed E-state index contributed by atoms with van der Waals surface area (Å²) in [5.41, 5.74) is 0. The third-order valence-corrected chi connectivity index (χ3v) is 8.97. The summed E-state index contributed by atoms with van der Waals surface area (Å²) in [4.78, 5) is 0. The molecule has 0 bridgehead atoms. The monoisotopic (exact) mass is 474 g/mol. The van der Waals surface area contributed by atoms with Crippen LogP contribution in [-0.2, 0) is 31.9 Å². The molecule has 0 spiro atoms. The topological polar surface area (TPSA) is 84.8 Å². The van der Waals surface area contributed by atoms with Gasteiger partial charge in [-0.1, -0.05) is 26.8 Å². The average molecular weight is 475 g/mol. The summed E-state index contributed by atoms with van der Waals surface area (Å²) in [6.07, 6.45) is 4.50. The van der Waals surface area contributed by atoms with E-state index in [9.17, 15) is 5.11 Å². The lowest BCUT2D eigenvalue weighted by Gasteiger charge is -2.41. The maximum atomic E-state index is 10.2. The van der Waals surface area contributed by atoms with Gasteiger partial charge in [-0.05, 0) is 25.7 Å². The molecule has 0 aromatic carbocycles. The van der Waals surface area contributed by atoms with Gasteiger partial charge in [0.1, 0.15) is 0 Å². The molecule has 0 aromatic rings. The van der Waals surface area contributed by atoms with Crippen molar-refractivity contribution in [2.75, 3.05) is 46.2 Å². The van der Waals surface area contributed by atoms with Gasteiger partial charge in [0.2, 0.25) is 0 Å². The molecule has 0 aliphatic carbocycles. The fraction of sp³-hybridized carbons (Fsp3) is 0.913. The normalized spacial score (nSPS) is 34.6. The first-order chi connectivity index (χ1) is 15.5. The standard InChI is InChI=1S/C23H42O8Si/c1-5-9-20(24)13-28-32(29-14-21-17(6-2)10-25-21,30-15-22-18(7-3)11-26-22)31-16-23-19(8-4)12-27-23/h5,17-24H,1,6-16H2,2-4H3. The molecule has 3 fully saturated rings. The minimum absolute atomic E-state index is 0.00691. The highest BCUT2D eigenvalue weighted by atomic mass is 28.4. The highest BCUT2D eigenvalue weighted by molar-refractivity contribution is 6.53. The van der Waals surface area contributed by atoms with E-state index in [0.717, 1.165) is 39.1 Å². The molecular weight excluding hydrogens is 432 g/mol. The van der Waals surface area contributed by atoms with Crippen molar-refractivity contribution >= 4 is 9.05 Å². The molecular formula is C23H42O8Si. The van der Waals surface area contributed by atoms with Crippen LogP contribution in [0.2, 0.25) is 0 Å². The van der Waals surface area contributed by atoms with E-state index < -0.39 is 15.2 Å². The minimum atomic E-state index is -3.58. The Morgan fingerprint density at radius 3 is 1.50 bits per heavy atom. The maximum Gasteiger partial charge on any atom is 0.680 e. The number of hydrogen-bond acceptors (Lipinski definition) is 8. The molecule has 7 atom stereocenters. The van der Waals surface area contributed by atoms with E-state index in [1.165, 1.54) is 0 Å². The van der Waals surface area contributed by atoms with Crippen LogP contribution in [0.15, 0.2) is 12.7 Å². The molecule has 0 aromatic heterocycles. The zero-order valence-corrected chi connectivity index (χ0v) is 20.9. The van der Waals surface area contributed by atoms with E-state index in [0.29, 0.717) is 44.0 Å². The van der Waals surface area contributed by atoms with Crippen LogP contribution in [0.4, 0.5) is 0 Å². The van der Waals surface area contributed by atoms with E-state index >= 15 is 0 Å². The predicted octanol–water partition coefficient (Wildman–Crippen LogP) is 2.70. The van der Waals surface area contributed by atoms with Gasteiger partial charge < -0.3 is 37.0 Å². The summed E-state index contributed by atoms with van der Waals surface area (Å²) in [7, 11) is -3.58. The van der Waals surface area contributed by atoms with Crippen LogP contribution in [0, 0.1) is 17.8 Å². The lowest BCUT2D eigenvalue weighted by molar-refractivity contribution is -0.180.